The second kappa shape index (κ2) is 11.3. The summed E-state index contributed by atoms with van der Waals surface area (Å²) in [6.45, 7) is 4.17. The van der Waals surface area contributed by atoms with Gasteiger partial charge < -0.3 is 24.4 Å². The van der Waals surface area contributed by atoms with Crippen molar-refractivity contribution < 1.29 is 32.2 Å². The Labute approximate surface area is 205 Å². The van der Waals surface area contributed by atoms with E-state index in [2.05, 4.69) is 5.32 Å². The average Bonchev–Trinajstić information content (AvgIpc) is 2.84. The number of rotatable bonds is 10. The van der Waals surface area contributed by atoms with Crippen LogP contribution in [-0.4, -0.2) is 70.8 Å². The molecule has 1 heterocycles. The minimum Gasteiger partial charge on any atom is -0.497 e. The molecule has 1 N–H and O–H groups in total. The molecule has 0 bridgehead atoms. The van der Waals surface area contributed by atoms with Gasteiger partial charge in [-0.2, -0.15) is 0 Å². The Bertz CT molecular complexity index is 1150. The summed E-state index contributed by atoms with van der Waals surface area (Å²) < 4.78 is 42.6. The summed E-state index contributed by atoms with van der Waals surface area (Å²) in [5.41, 5.74) is 1.03. The summed E-state index contributed by atoms with van der Waals surface area (Å²) in [6, 6.07) is 11.0. The Morgan fingerprint density at radius 1 is 1.09 bits per heavy atom. The monoisotopic (exact) mass is 505 g/mol. The fraction of sp³-hybridized carbons (Fsp3) is 0.417. The van der Waals surface area contributed by atoms with Crippen LogP contribution in [-0.2, 0) is 26.2 Å². The third kappa shape index (κ3) is 6.56. The molecule has 0 unspecified atom stereocenters. The van der Waals surface area contributed by atoms with E-state index in [9.17, 15) is 18.0 Å². The third-order valence-electron chi connectivity index (χ3n) is 5.52. The van der Waals surface area contributed by atoms with Gasteiger partial charge in [-0.1, -0.05) is 12.1 Å². The molecule has 2 aromatic carbocycles. The Morgan fingerprint density at radius 2 is 1.74 bits per heavy atom. The number of methoxy groups -OCH3 is 1. The van der Waals surface area contributed by atoms with Gasteiger partial charge in [-0.25, -0.2) is 8.42 Å². The van der Waals surface area contributed by atoms with E-state index in [1.54, 1.807) is 57.4 Å². The van der Waals surface area contributed by atoms with Crippen molar-refractivity contribution in [3.63, 3.8) is 0 Å². The van der Waals surface area contributed by atoms with Crippen molar-refractivity contribution in [2.24, 2.45) is 0 Å². The number of amides is 2. The number of ether oxygens (including phenoxy) is 3. The van der Waals surface area contributed by atoms with Crippen LogP contribution in [0.1, 0.15) is 19.4 Å². The minimum atomic E-state index is -3.84. The highest BCUT2D eigenvalue weighted by atomic mass is 32.2. The van der Waals surface area contributed by atoms with Crippen LogP contribution in [0.15, 0.2) is 42.5 Å². The Morgan fingerprint density at radius 3 is 2.34 bits per heavy atom. The molecule has 2 aromatic rings. The van der Waals surface area contributed by atoms with Crippen molar-refractivity contribution in [1.82, 2.24) is 10.2 Å². The SMILES string of the molecule is CCNC(=O)[C@@H](C)N(Cc1ccc(OC)cc1)C(=O)CN(c1ccc2c(c1)OCCO2)S(C)(=O)=O. The van der Waals surface area contributed by atoms with Crippen LogP contribution in [0.5, 0.6) is 17.2 Å². The average molecular weight is 506 g/mol. The second-order valence-corrected chi connectivity index (χ2v) is 9.94. The number of carbonyl (C=O) groups excluding carboxylic acids is 2. The molecule has 190 valence electrons. The first-order valence-electron chi connectivity index (χ1n) is 11.2. The lowest BCUT2D eigenvalue weighted by Crippen LogP contribution is -2.51. The number of hydrogen-bond acceptors (Lipinski definition) is 7. The van der Waals surface area contributed by atoms with Crippen LogP contribution in [0.25, 0.3) is 0 Å². The molecule has 0 saturated heterocycles. The van der Waals surface area contributed by atoms with Gasteiger partial charge in [0.25, 0.3) is 0 Å². The number of anilines is 1. The van der Waals surface area contributed by atoms with E-state index < -0.39 is 28.5 Å². The fourth-order valence-corrected chi connectivity index (χ4v) is 4.47. The topological polar surface area (TPSA) is 114 Å². The summed E-state index contributed by atoms with van der Waals surface area (Å²) in [5, 5.41) is 2.72. The number of sulfonamides is 1. The largest absolute Gasteiger partial charge is 0.497 e. The molecule has 0 radical (unpaired) electrons. The molecule has 0 saturated carbocycles. The Kier molecular flexibility index (Phi) is 8.44. The van der Waals surface area contributed by atoms with Gasteiger partial charge in [0, 0.05) is 19.2 Å². The molecule has 35 heavy (non-hydrogen) atoms. The lowest BCUT2D eigenvalue weighted by Gasteiger charge is -2.31. The van der Waals surface area contributed by atoms with E-state index in [-0.39, 0.29) is 18.1 Å². The van der Waals surface area contributed by atoms with E-state index >= 15 is 0 Å². The summed E-state index contributed by atoms with van der Waals surface area (Å²) in [5.74, 6) is 0.705. The molecule has 0 aromatic heterocycles. The van der Waals surface area contributed by atoms with Crippen LogP contribution in [0.2, 0.25) is 0 Å². The molecule has 0 spiro atoms. The van der Waals surface area contributed by atoms with Gasteiger partial charge in [-0.05, 0) is 43.7 Å². The highest BCUT2D eigenvalue weighted by Crippen LogP contribution is 2.34. The highest BCUT2D eigenvalue weighted by Gasteiger charge is 2.30. The Balaban J connectivity index is 1.90. The van der Waals surface area contributed by atoms with E-state index in [0.717, 1.165) is 16.1 Å². The maximum absolute atomic E-state index is 13.5. The van der Waals surface area contributed by atoms with E-state index in [1.807, 2.05) is 0 Å². The van der Waals surface area contributed by atoms with E-state index in [0.29, 0.717) is 37.0 Å². The smallest absolute Gasteiger partial charge is 0.244 e. The predicted molar refractivity (Wildman–Crippen MR) is 131 cm³/mol. The number of fused-ring (bicyclic) bond motifs is 1. The van der Waals surface area contributed by atoms with Gasteiger partial charge in [0.15, 0.2) is 11.5 Å². The number of nitrogens with one attached hydrogen (secondary N) is 1. The maximum Gasteiger partial charge on any atom is 0.244 e. The lowest BCUT2D eigenvalue weighted by molar-refractivity contribution is -0.139. The van der Waals surface area contributed by atoms with Crippen LogP contribution in [0.3, 0.4) is 0 Å². The molecule has 3 rings (SSSR count). The molecule has 2 amide bonds. The van der Waals surface area contributed by atoms with E-state index in [1.165, 1.54) is 11.0 Å². The molecule has 0 aliphatic carbocycles. The lowest BCUT2D eigenvalue weighted by atomic mass is 10.1. The molecule has 11 heteroatoms. The van der Waals surface area contributed by atoms with Gasteiger partial charge in [0.05, 0.1) is 19.1 Å². The molecular formula is C24H31N3O7S. The van der Waals surface area contributed by atoms with Crippen molar-refractivity contribution >= 4 is 27.5 Å². The number of likely N-dealkylation sites (N-methyl/N-ethyl adjacent to an activating group) is 1. The quantitative estimate of drug-likeness (QED) is 0.524. The number of carbonyl (C=O) groups is 2. The number of hydrogen-bond donors (Lipinski definition) is 1. The van der Waals surface area contributed by atoms with Gasteiger partial charge in [0.1, 0.15) is 31.5 Å². The maximum atomic E-state index is 13.5. The second-order valence-electron chi connectivity index (χ2n) is 8.04. The molecule has 0 fully saturated rings. The first kappa shape index (κ1) is 26.1. The number of benzene rings is 2. The van der Waals surface area contributed by atoms with Crippen molar-refractivity contribution in [3.8, 4) is 17.2 Å². The normalized spacial score (nSPS) is 13.5. The summed E-state index contributed by atoms with van der Waals surface area (Å²) >= 11 is 0. The highest BCUT2D eigenvalue weighted by molar-refractivity contribution is 7.92. The van der Waals surface area contributed by atoms with Gasteiger partial charge >= 0.3 is 0 Å². The molecule has 1 aliphatic heterocycles. The van der Waals surface area contributed by atoms with Gasteiger partial charge in [-0.15, -0.1) is 0 Å². The summed E-state index contributed by atoms with van der Waals surface area (Å²) in [4.78, 5) is 27.5. The van der Waals surface area contributed by atoms with Crippen LogP contribution < -0.4 is 23.8 Å². The molecular weight excluding hydrogens is 474 g/mol. The zero-order valence-corrected chi connectivity index (χ0v) is 21.1. The summed E-state index contributed by atoms with van der Waals surface area (Å²) in [6.07, 6.45) is 1.03. The minimum absolute atomic E-state index is 0.111. The zero-order valence-electron chi connectivity index (χ0n) is 20.3. The van der Waals surface area contributed by atoms with E-state index in [4.69, 9.17) is 14.2 Å². The molecule has 1 aliphatic rings. The molecule has 1 atom stereocenters. The standard InChI is InChI=1S/C24H31N3O7S/c1-5-25-24(29)17(2)26(15-18-6-9-20(32-3)10-7-18)23(28)16-27(35(4,30)31)19-8-11-21-22(14-19)34-13-12-33-21/h6-11,14,17H,5,12-13,15-16H2,1-4H3,(H,25,29)/t17-/m1/s1. The van der Waals surface area contributed by atoms with Crippen molar-refractivity contribution in [2.45, 2.75) is 26.4 Å². The van der Waals surface area contributed by atoms with Crippen molar-refractivity contribution in [3.05, 3.63) is 48.0 Å². The van der Waals surface area contributed by atoms with Crippen LogP contribution >= 0.6 is 0 Å². The van der Waals surface area contributed by atoms with Crippen LogP contribution in [0.4, 0.5) is 5.69 Å². The van der Waals surface area contributed by atoms with Gasteiger partial charge in [-0.3, -0.25) is 13.9 Å². The first-order valence-corrected chi connectivity index (χ1v) is 13.1. The molecule has 10 nitrogen and oxygen atoms in total. The van der Waals surface area contributed by atoms with Crippen LogP contribution in [0, 0.1) is 0 Å². The third-order valence-corrected chi connectivity index (χ3v) is 6.66. The number of nitrogens with zero attached hydrogens (tertiary/aromatic N) is 2. The van der Waals surface area contributed by atoms with Crippen molar-refractivity contribution in [2.75, 3.05) is 44.0 Å². The fourth-order valence-electron chi connectivity index (χ4n) is 3.63. The zero-order chi connectivity index (χ0) is 25.6. The predicted octanol–water partition coefficient (Wildman–Crippen LogP) is 1.79. The first-order chi connectivity index (χ1) is 16.6. The Hall–Kier alpha value is -3.47. The van der Waals surface area contributed by atoms with Crippen molar-refractivity contribution in [1.29, 1.82) is 0 Å². The van der Waals surface area contributed by atoms with Gasteiger partial charge in [0.2, 0.25) is 21.8 Å². The summed E-state index contributed by atoms with van der Waals surface area (Å²) in [7, 11) is -2.28.